The van der Waals surface area contributed by atoms with Crippen LogP contribution in [0.4, 0.5) is 5.69 Å². The van der Waals surface area contributed by atoms with Gasteiger partial charge < -0.3 is 20.1 Å². The molecule has 10 heteroatoms. The molecule has 0 radical (unpaired) electrons. The molecule has 0 fully saturated rings. The Labute approximate surface area is 222 Å². The number of nitrogens with one attached hydrogen (secondary N) is 1. The lowest BCUT2D eigenvalue weighted by Gasteiger charge is -2.25. The molecule has 202 valence electrons. The molecule has 0 bridgehead atoms. The molecule has 3 N–H and O–H groups in total. The van der Waals surface area contributed by atoms with Crippen LogP contribution < -0.4 is 10.6 Å². The van der Waals surface area contributed by atoms with E-state index in [1.807, 2.05) is 12.1 Å². The summed E-state index contributed by atoms with van der Waals surface area (Å²) >= 11 is 0. The number of hydrogen-bond donors (Lipinski definition) is 2. The molecule has 0 unspecified atom stereocenters. The lowest BCUT2D eigenvalue weighted by molar-refractivity contribution is -0.153. The first-order chi connectivity index (χ1) is 17.9. The summed E-state index contributed by atoms with van der Waals surface area (Å²) in [5, 5.41) is 7.55. The molecular weight excluding hydrogens is 488 g/mol. The van der Waals surface area contributed by atoms with Gasteiger partial charge in [-0.3, -0.25) is 29.5 Å². The Kier molecular flexibility index (Phi) is 8.88. The largest absolute Gasteiger partial charge is 0.466 e. The number of carbonyl (C=O) groups is 4. The topological polar surface area (TPSA) is 143 Å². The van der Waals surface area contributed by atoms with E-state index in [1.165, 1.54) is 9.80 Å². The summed E-state index contributed by atoms with van der Waals surface area (Å²) in [5.74, 6) is -1.97. The van der Waals surface area contributed by atoms with E-state index in [9.17, 15) is 19.2 Å². The van der Waals surface area contributed by atoms with Crippen molar-refractivity contribution in [1.29, 1.82) is 5.41 Å². The second kappa shape index (κ2) is 11.9. The van der Waals surface area contributed by atoms with Crippen LogP contribution in [0, 0.1) is 5.41 Å². The fraction of sp³-hybridized carbons (Fsp3) is 0.393. The molecule has 2 aromatic carbocycles. The highest BCUT2D eigenvalue weighted by Gasteiger charge is 2.34. The zero-order valence-electron chi connectivity index (χ0n) is 22.2. The molecule has 2 amide bonds. The molecule has 0 aromatic heterocycles. The van der Waals surface area contributed by atoms with Crippen molar-refractivity contribution in [2.45, 2.75) is 46.1 Å². The number of ether oxygens (including phenoxy) is 2. The number of benzene rings is 2. The summed E-state index contributed by atoms with van der Waals surface area (Å²) in [6.45, 7) is 6.47. The zero-order valence-corrected chi connectivity index (χ0v) is 22.2. The molecule has 0 aliphatic carbocycles. The Balaban J connectivity index is 1.94. The van der Waals surface area contributed by atoms with Gasteiger partial charge in [0, 0.05) is 12.1 Å². The number of nitrogens with zero attached hydrogens (tertiary/aromatic N) is 2. The minimum absolute atomic E-state index is 0.000139. The lowest BCUT2D eigenvalue weighted by atomic mass is 9.99. The van der Waals surface area contributed by atoms with Crippen LogP contribution in [-0.4, -0.2) is 66.3 Å². The number of anilines is 1. The van der Waals surface area contributed by atoms with E-state index in [-0.39, 0.29) is 44.1 Å². The summed E-state index contributed by atoms with van der Waals surface area (Å²) in [5.41, 5.74) is 7.72. The number of carbonyl (C=O) groups excluding carboxylic acids is 4. The van der Waals surface area contributed by atoms with Crippen molar-refractivity contribution in [3.05, 3.63) is 64.7 Å². The van der Waals surface area contributed by atoms with Crippen molar-refractivity contribution in [2.24, 2.45) is 5.73 Å². The van der Waals surface area contributed by atoms with E-state index in [0.717, 1.165) is 11.1 Å². The molecule has 10 nitrogen and oxygen atoms in total. The molecular formula is C28H34N4O6. The standard InChI is InChI=1S/C28H34N4O6/c1-5-37-24(34)12-13-31-16-23(33)32(17-25(35)38-28(2,3)4)22-11-8-19(15-21(22)27(31)36)14-18-6-9-20(10-7-18)26(29)30/h6-11,15H,5,12-14,16-17H2,1-4H3,(H3,29,30). The Hall–Kier alpha value is -4.21. The number of hydrogen-bond acceptors (Lipinski definition) is 7. The van der Waals surface area contributed by atoms with Crippen LogP contribution in [0.15, 0.2) is 42.5 Å². The number of nitrogens with two attached hydrogens (primary N) is 1. The van der Waals surface area contributed by atoms with Crippen molar-refractivity contribution < 1.29 is 28.7 Å². The lowest BCUT2D eigenvalue weighted by Crippen LogP contribution is -2.43. The molecule has 38 heavy (non-hydrogen) atoms. The first-order valence-electron chi connectivity index (χ1n) is 12.4. The number of amides is 2. The predicted octanol–water partition coefficient (Wildman–Crippen LogP) is 2.65. The first-order valence-corrected chi connectivity index (χ1v) is 12.4. The van der Waals surface area contributed by atoms with Crippen LogP contribution in [0.1, 0.15) is 61.2 Å². The van der Waals surface area contributed by atoms with Crippen molar-refractivity contribution in [3.8, 4) is 0 Å². The average molecular weight is 523 g/mol. The molecule has 0 saturated carbocycles. The van der Waals surface area contributed by atoms with Gasteiger partial charge in [-0.15, -0.1) is 0 Å². The van der Waals surface area contributed by atoms with E-state index < -0.39 is 29.4 Å². The van der Waals surface area contributed by atoms with Gasteiger partial charge in [-0.05, 0) is 57.4 Å². The molecule has 1 aliphatic rings. The number of fused-ring (bicyclic) bond motifs is 1. The zero-order chi connectivity index (χ0) is 28.0. The van der Waals surface area contributed by atoms with Gasteiger partial charge in [-0.25, -0.2) is 0 Å². The molecule has 3 rings (SSSR count). The van der Waals surface area contributed by atoms with E-state index in [0.29, 0.717) is 17.7 Å². The van der Waals surface area contributed by atoms with Crippen LogP contribution in [0.3, 0.4) is 0 Å². The van der Waals surface area contributed by atoms with Gasteiger partial charge >= 0.3 is 11.9 Å². The SMILES string of the molecule is CCOC(=O)CCN1CC(=O)N(CC(=O)OC(C)(C)C)c2ccc(Cc3ccc(C(=N)N)cc3)cc2C1=O. The molecule has 0 saturated heterocycles. The summed E-state index contributed by atoms with van der Waals surface area (Å²) in [6.07, 6.45) is 0.429. The van der Waals surface area contributed by atoms with Crippen LogP contribution in [0.2, 0.25) is 0 Å². The molecule has 1 heterocycles. The molecule has 0 atom stereocenters. The van der Waals surface area contributed by atoms with E-state index >= 15 is 0 Å². The monoisotopic (exact) mass is 522 g/mol. The minimum Gasteiger partial charge on any atom is -0.466 e. The third kappa shape index (κ3) is 7.41. The highest BCUT2D eigenvalue weighted by Crippen LogP contribution is 2.28. The van der Waals surface area contributed by atoms with Gasteiger partial charge in [0.2, 0.25) is 5.91 Å². The Morgan fingerprint density at radius 2 is 1.68 bits per heavy atom. The van der Waals surface area contributed by atoms with Gasteiger partial charge in [0.15, 0.2) is 0 Å². The van der Waals surface area contributed by atoms with Crippen LogP contribution in [0.5, 0.6) is 0 Å². The summed E-state index contributed by atoms with van der Waals surface area (Å²) in [6, 6.07) is 12.4. The molecule has 1 aliphatic heterocycles. The third-order valence-corrected chi connectivity index (χ3v) is 5.77. The Morgan fingerprint density at radius 1 is 1.03 bits per heavy atom. The van der Waals surface area contributed by atoms with Crippen molar-refractivity contribution in [3.63, 3.8) is 0 Å². The second-order valence-electron chi connectivity index (χ2n) is 9.99. The maximum absolute atomic E-state index is 13.6. The van der Waals surface area contributed by atoms with Crippen molar-refractivity contribution >= 4 is 35.3 Å². The highest BCUT2D eigenvalue weighted by atomic mass is 16.6. The minimum atomic E-state index is -0.738. The number of nitrogen functional groups attached to an aromatic ring is 1. The quantitative estimate of drug-likeness (QED) is 0.293. The van der Waals surface area contributed by atoms with Gasteiger partial charge in [0.1, 0.15) is 24.5 Å². The summed E-state index contributed by atoms with van der Waals surface area (Å²) in [7, 11) is 0. The van der Waals surface area contributed by atoms with E-state index in [2.05, 4.69) is 0 Å². The fourth-order valence-electron chi connectivity index (χ4n) is 4.08. The maximum atomic E-state index is 13.6. The number of amidine groups is 1. The molecule has 2 aromatic rings. The summed E-state index contributed by atoms with van der Waals surface area (Å²) in [4.78, 5) is 54.0. The number of esters is 2. The highest BCUT2D eigenvalue weighted by molar-refractivity contribution is 6.11. The van der Waals surface area contributed by atoms with Gasteiger partial charge in [0.05, 0.1) is 24.3 Å². The van der Waals surface area contributed by atoms with Crippen LogP contribution in [0.25, 0.3) is 0 Å². The van der Waals surface area contributed by atoms with Crippen molar-refractivity contribution in [1.82, 2.24) is 4.90 Å². The first kappa shape index (κ1) is 28.4. The van der Waals surface area contributed by atoms with E-state index in [1.54, 1.807) is 58.0 Å². The maximum Gasteiger partial charge on any atom is 0.326 e. The normalized spacial score (nSPS) is 13.6. The average Bonchev–Trinajstić information content (AvgIpc) is 2.92. The smallest absolute Gasteiger partial charge is 0.326 e. The van der Waals surface area contributed by atoms with Gasteiger partial charge in [0.25, 0.3) is 5.91 Å². The van der Waals surface area contributed by atoms with Gasteiger partial charge in [-0.2, -0.15) is 0 Å². The van der Waals surface area contributed by atoms with Crippen LogP contribution >= 0.6 is 0 Å². The summed E-state index contributed by atoms with van der Waals surface area (Å²) < 4.78 is 10.4. The molecule has 0 spiro atoms. The van der Waals surface area contributed by atoms with Crippen molar-refractivity contribution in [2.75, 3.05) is 31.1 Å². The number of rotatable bonds is 9. The Bertz CT molecular complexity index is 1230. The Morgan fingerprint density at radius 3 is 2.29 bits per heavy atom. The second-order valence-corrected chi connectivity index (χ2v) is 9.99. The van der Waals surface area contributed by atoms with E-state index in [4.69, 9.17) is 20.6 Å². The van der Waals surface area contributed by atoms with Gasteiger partial charge in [-0.1, -0.05) is 30.3 Å². The fourth-order valence-corrected chi connectivity index (χ4v) is 4.08. The predicted molar refractivity (Wildman–Crippen MR) is 142 cm³/mol. The van der Waals surface area contributed by atoms with Crippen LogP contribution in [-0.2, 0) is 30.3 Å². The third-order valence-electron chi connectivity index (χ3n) is 5.77.